The number of esters is 1. The van der Waals surface area contributed by atoms with Crippen LogP contribution < -0.4 is 5.32 Å². The zero-order valence-corrected chi connectivity index (χ0v) is 12.5. The zero-order valence-electron chi connectivity index (χ0n) is 12.5. The van der Waals surface area contributed by atoms with Gasteiger partial charge in [0.25, 0.3) is 0 Å². The van der Waals surface area contributed by atoms with Crippen molar-refractivity contribution in [1.82, 2.24) is 10.2 Å². The Labute approximate surface area is 130 Å². The summed E-state index contributed by atoms with van der Waals surface area (Å²) in [6, 6.07) is 9.71. The fourth-order valence-corrected chi connectivity index (χ4v) is 2.64. The summed E-state index contributed by atoms with van der Waals surface area (Å²) < 4.78 is 5.18. The van der Waals surface area contributed by atoms with Crippen molar-refractivity contribution in [3.8, 4) is 0 Å². The molecule has 1 fully saturated rings. The van der Waals surface area contributed by atoms with E-state index in [-0.39, 0.29) is 31.7 Å². The molecule has 1 aromatic carbocycles. The maximum Gasteiger partial charge on any atom is 0.320 e. The molecular formula is C16H22N2O4. The van der Waals surface area contributed by atoms with Crippen molar-refractivity contribution in [2.75, 3.05) is 26.2 Å². The summed E-state index contributed by atoms with van der Waals surface area (Å²) in [7, 11) is 0. The Morgan fingerprint density at radius 1 is 1.32 bits per heavy atom. The van der Waals surface area contributed by atoms with Gasteiger partial charge in [0.15, 0.2) is 0 Å². The molecule has 0 bridgehead atoms. The summed E-state index contributed by atoms with van der Waals surface area (Å²) >= 11 is 0. The first-order valence-corrected chi connectivity index (χ1v) is 7.51. The van der Waals surface area contributed by atoms with Gasteiger partial charge in [0.1, 0.15) is 6.61 Å². The van der Waals surface area contributed by atoms with Gasteiger partial charge in [-0.05, 0) is 24.9 Å². The van der Waals surface area contributed by atoms with Crippen LogP contribution in [0.3, 0.4) is 0 Å². The number of ether oxygens (including phenoxy) is 1. The molecule has 0 aromatic heterocycles. The van der Waals surface area contributed by atoms with Crippen LogP contribution >= 0.6 is 0 Å². The Morgan fingerprint density at radius 3 is 2.82 bits per heavy atom. The fourth-order valence-electron chi connectivity index (χ4n) is 2.64. The molecule has 6 nitrogen and oxygen atoms in total. The highest BCUT2D eigenvalue weighted by Gasteiger charge is 2.25. The van der Waals surface area contributed by atoms with Crippen LogP contribution in [0.5, 0.6) is 0 Å². The Bertz CT molecular complexity index is 492. The molecule has 2 rings (SSSR count). The second-order valence-corrected chi connectivity index (χ2v) is 5.44. The Morgan fingerprint density at radius 2 is 2.09 bits per heavy atom. The molecule has 0 spiro atoms. The summed E-state index contributed by atoms with van der Waals surface area (Å²) in [5.41, 5.74) is 0.958. The molecule has 1 heterocycles. The number of carboxylic acids is 1. The average molecular weight is 306 g/mol. The number of hydrogen-bond acceptors (Lipinski definition) is 5. The van der Waals surface area contributed by atoms with Gasteiger partial charge in [-0.3, -0.25) is 14.5 Å². The van der Waals surface area contributed by atoms with Gasteiger partial charge in [0, 0.05) is 12.6 Å². The smallest absolute Gasteiger partial charge is 0.320 e. The van der Waals surface area contributed by atoms with E-state index < -0.39 is 5.97 Å². The van der Waals surface area contributed by atoms with E-state index >= 15 is 0 Å². The molecule has 1 atom stereocenters. The number of hydrogen-bond donors (Lipinski definition) is 2. The van der Waals surface area contributed by atoms with Crippen molar-refractivity contribution in [2.45, 2.75) is 25.5 Å². The van der Waals surface area contributed by atoms with Crippen LogP contribution in [-0.2, 0) is 20.9 Å². The third-order valence-electron chi connectivity index (χ3n) is 3.73. The first kappa shape index (κ1) is 16.5. The number of likely N-dealkylation sites (tertiary alicyclic amines) is 1. The van der Waals surface area contributed by atoms with E-state index in [1.807, 2.05) is 35.2 Å². The molecule has 6 heteroatoms. The molecule has 2 N–H and O–H groups in total. The quantitative estimate of drug-likeness (QED) is 0.694. The predicted octanol–water partition coefficient (Wildman–Crippen LogP) is 0.868. The van der Waals surface area contributed by atoms with Crippen LogP contribution in [0.1, 0.15) is 18.4 Å². The van der Waals surface area contributed by atoms with Crippen molar-refractivity contribution in [2.24, 2.45) is 0 Å². The summed E-state index contributed by atoms with van der Waals surface area (Å²) in [5, 5.41) is 11.9. The van der Waals surface area contributed by atoms with Gasteiger partial charge in [-0.15, -0.1) is 0 Å². The van der Waals surface area contributed by atoms with E-state index in [0.29, 0.717) is 6.54 Å². The summed E-state index contributed by atoms with van der Waals surface area (Å²) in [6.07, 6.45) is 1.96. The number of nitrogens with one attached hydrogen (secondary N) is 1. The molecule has 1 aromatic rings. The highest BCUT2D eigenvalue weighted by molar-refractivity contribution is 5.71. The maximum absolute atomic E-state index is 11.7. The number of carbonyl (C=O) groups is 2. The van der Waals surface area contributed by atoms with E-state index in [4.69, 9.17) is 9.84 Å². The minimum atomic E-state index is -0.811. The van der Waals surface area contributed by atoms with Gasteiger partial charge in [-0.1, -0.05) is 30.3 Å². The first-order valence-electron chi connectivity index (χ1n) is 7.51. The van der Waals surface area contributed by atoms with Crippen LogP contribution in [0.2, 0.25) is 0 Å². The molecule has 1 aliphatic heterocycles. The third-order valence-corrected chi connectivity index (χ3v) is 3.73. The minimum Gasteiger partial charge on any atom is -0.480 e. The number of aliphatic carboxylic acids is 1. The van der Waals surface area contributed by atoms with Crippen molar-refractivity contribution in [3.63, 3.8) is 0 Å². The van der Waals surface area contributed by atoms with E-state index in [1.54, 1.807) is 0 Å². The number of nitrogens with zero attached hydrogens (tertiary/aromatic N) is 1. The van der Waals surface area contributed by atoms with Crippen molar-refractivity contribution in [1.29, 1.82) is 0 Å². The lowest BCUT2D eigenvalue weighted by Gasteiger charge is -2.22. The second kappa shape index (κ2) is 8.51. The molecule has 0 amide bonds. The van der Waals surface area contributed by atoms with Crippen LogP contribution in [0.15, 0.2) is 30.3 Å². The Balaban J connectivity index is 1.63. The monoisotopic (exact) mass is 306 g/mol. The van der Waals surface area contributed by atoms with Crippen LogP contribution in [-0.4, -0.2) is 54.2 Å². The van der Waals surface area contributed by atoms with Crippen LogP contribution in [0, 0.1) is 0 Å². The number of rotatable bonds is 8. The highest BCUT2D eigenvalue weighted by Crippen LogP contribution is 2.15. The number of carbonyl (C=O) groups excluding carboxylic acids is 1. The largest absolute Gasteiger partial charge is 0.480 e. The lowest BCUT2D eigenvalue weighted by molar-refractivity contribution is -0.144. The molecule has 1 aliphatic rings. The van der Waals surface area contributed by atoms with E-state index in [0.717, 1.165) is 24.9 Å². The van der Waals surface area contributed by atoms with Gasteiger partial charge in [-0.25, -0.2) is 0 Å². The summed E-state index contributed by atoms with van der Waals surface area (Å²) in [5.74, 6) is -1.11. The Hall–Kier alpha value is -1.92. The number of carboxylic acid groups (broad SMARTS) is 1. The van der Waals surface area contributed by atoms with Crippen LogP contribution in [0.25, 0.3) is 0 Å². The van der Waals surface area contributed by atoms with E-state index in [2.05, 4.69) is 5.32 Å². The van der Waals surface area contributed by atoms with E-state index in [9.17, 15) is 9.59 Å². The van der Waals surface area contributed by atoms with Crippen molar-refractivity contribution in [3.05, 3.63) is 35.9 Å². The van der Waals surface area contributed by atoms with Crippen molar-refractivity contribution < 1.29 is 19.4 Å². The lowest BCUT2D eigenvalue weighted by Crippen LogP contribution is -2.41. The molecule has 0 radical (unpaired) electrons. The maximum atomic E-state index is 11.7. The van der Waals surface area contributed by atoms with Gasteiger partial charge >= 0.3 is 11.9 Å². The first-order chi connectivity index (χ1) is 10.6. The highest BCUT2D eigenvalue weighted by atomic mass is 16.5. The molecule has 1 saturated heterocycles. The molecule has 0 saturated carbocycles. The standard InChI is InChI=1S/C16H22N2O4/c19-15(20)11-18-8-4-7-14(18)9-17-10-16(21)22-12-13-5-2-1-3-6-13/h1-3,5-6,14,17H,4,7-12H2,(H,19,20)/t14-/m0/s1. The molecule has 22 heavy (non-hydrogen) atoms. The third kappa shape index (κ3) is 5.46. The normalized spacial score (nSPS) is 18.3. The van der Waals surface area contributed by atoms with Gasteiger partial charge in [0.2, 0.25) is 0 Å². The van der Waals surface area contributed by atoms with Gasteiger partial charge < -0.3 is 15.2 Å². The topological polar surface area (TPSA) is 78.9 Å². The zero-order chi connectivity index (χ0) is 15.8. The lowest BCUT2D eigenvalue weighted by atomic mass is 10.2. The minimum absolute atomic E-state index is 0.0603. The summed E-state index contributed by atoms with van der Waals surface area (Å²) in [6.45, 7) is 1.88. The Kier molecular flexibility index (Phi) is 6.36. The van der Waals surface area contributed by atoms with E-state index in [1.165, 1.54) is 0 Å². The second-order valence-electron chi connectivity index (χ2n) is 5.44. The van der Waals surface area contributed by atoms with Crippen LogP contribution in [0.4, 0.5) is 0 Å². The van der Waals surface area contributed by atoms with Gasteiger partial charge in [-0.2, -0.15) is 0 Å². The molecule has 0 aliphatic carbocycles. The van der Waals surface area contributed by atoms with Gasteiger partial charge in [0.05, 0.1) is 13.1 Å². The number of benzene rings is 1. The van der Waals surface area contributed by atoms with Crippen molar-refractivity contribution >= 4 is 11.9 Å². The molecule has 120 valence electrons. The average Bonchev–Trinajstić information content (AvgIpc) is 2.93. The molecule has 0 unspecified atom stereocenters. The molecular weight excluding hydrogens is 284 g/mol. The predicted molar refractivity (Wildman–Crippen MR) is 81.3 cm³/mol. The SMILES string of the molecule is O=C(O)CN1CCC[C@H]1CNCC(=O)OCc1ccccc1. The summed E-state index contributed by atoms with van der Waals surface area (Å²) in [4.78, 5) is 24.4. The fraction of sp³-hybridized carbons (Fsp3) is 0.500.